The molecule has 1 unspecified atom stereocenters. The maximum Gasteiger partial charge on any atom is 0.293 e. The average molecular weight is 320 g/mol. The second-order valence-electron chi connectivity index (χ2n) is 4.82. The molecule has 0 saturated carbocycles. The van der Waals surface area contributed by atoms with E-state index in [1.54, 1.807) is 0 Å². The van der Waals surface area contributed by atoms with E-state index in [2.05, 4.69) is 0 Å². The number of Topliss-reactive ketones (excluding diaryl/α,β-unsaturated/α-hetero) is 2. The summed E-state index contributed by atoms with van der Waals surface area (Å²) >= 11 is 0. The van der Waals surface area contributed by atoms with Crippen molar-refractivity contribution in [3.8, 4) is 5.75 Å². The third-order valence-corrected chi connectivity index (χ3v) is 3.22. The first-order chi connectivity index (χ1) is 10.7. The maximum absolute atomic E-state index is 12.0. The summed E-state index contributed by atoms with van der Waals surface area (Å²) < 4.78 is 0. The quantitative estimate of drug-likeness (QED) is 0.205. The number of hydrogen-bond donors (Lipinski definition) is 5. The Kier molecular flexibility index (Phi) is 4.15. The fourth-order valence-corrected chi connectivity index (χ4v) is 1.93. The van der Waals surface area contributed by atoms with E-state index in [0.717, 1.165) is 6.08 Å². The van der Waals surface area contributed by atoms with Gasteiger partial charge in [-0.1, -0.05) is 18.2 Å². The second-order valence-corrected chi connectivity index (χ2v) is 4.82. The largest absolute Gasteiger partial charge is 0.508 e. The highest BCUT2D eigenvalue weighted by Gasteiger charge is 2.54. The third kappa shape index (κ3) is 2.90. The van der Waals surface area contributed by atoms with Gasteiger partial charge in [-0.15, -0.1) is 0 Å². The molecule has 1 aromatic carbocycles. The Labute approximate surface area is 129 Å². The molecule has 5 N–H and O–H groups in total. The summed E-state index contributed by atoms with van der Waals surface area (Å²) in [6, 6.07) is 5.61. The Bertz CT molecular complexity index is 739. The number of phenolic OH excluding ortho intramolecular Hbond substituents is 1. The molecule has 8 heteroatoms. The molecule has 1 aromatic rings. The highest BCUT2D eigenvalue weighted by Crippen LogP contribution is 2.25. The molecule has 1 atom stereocenters. The van der Waals surface area contributed by atoms with Gasteiger partial charge in [-0.05, 0) is 23.8 Å². The molecular formula is C15H12O8. The Hall–Kier alpha value is -2.81. The Balaban J connectivity index is 2.35. The Morgan fingerprint density at radius 3 is 2.22 bits per heavy atom. The van der Waals surface area contributed by atoms with E-state index in [0.29, 0.717) is 5.56 Å². The van der Waals surface area contributed by atoms with Crippen LogP contribution in [0, 0.1) is 0 Å². The van der Waals surface area contributed by atoms with Gasteiger partial charge in [0, 0.05) is 0 Å². The summed E-state index contributed by atoms with van der Waals surface area (Å²) in [5.74, 6) is -9.39. The van der Waals surface area contributed by atoms with Crippen molar-refractivity contribution >= 4 is 23.4 Å². The minimum Gasteiger partial charge on any atom is -0.508 e. The standard InChI is InChI=1S/C15H12O8/c16-8-4-1-7(2-5-8)3-6-9(17)10-11(18)12(19)14(21)15(22,23)13(10)20/h1-6,12,16,18-19,22-23H/b6-3+. The van der Waals surface area contributed by atoms with Crippen molar-refractivity contribution in [1.29, 1.82) is 0 Å². The predicted molar refractivity (Wildman–Crippen MR) is 75.0 cm³/mol. The number of aromatic hydroxyl groups is 1. The maximum atomic E-state index is 12.0. The van der Waals surface area contributed by atoms with Gasteiger partial charge in [0.15, 0.2) is 11.9 Å². The summed E-state index contributed by atoms with van der Waals surface area (Å²) in [6.07, 6.45) is -0.313. The number of rotatable bonds is 3. The predicted octanol–water partition coefficient (Wildman–Crippen LogP) is -1.02. The van der Waals surface area contributed by atoms with Crippen LogP contribution >= 0.6 is 0 Å². The molecule has 1 aliphatic carbocycles. The molecule has 0 spiro atoms. The summed E-state index contributed by atoms with van der Waals surface area (Å²) in [4.78, 5) is 35.1. The Morgan fingerprint density at radius 2 is 1.65 bits per heavy atom. The minimum atomic E-state index is -3.58. The lowest BCUT2D eigenvalue weighted by Crippen LogP contribution is -2.57. The normalized spacial score (nSPS) is 21.1. The zero-order valence-corrected chi connectivity index (χ0v) is 11.5. The molecule has 0 radical (unpaired) electrons. The van der Waals surface area contributed by atoms with Crippen molar-refractivity contribution in [2.24, 2.45) is 0 Å². The number of phenols is 1. The lowest BCUT2D eigenvalue weighted by atomic mass is 9.85. The van der Waals surface area contributed by atoms with Gasteiger partial charge < -0.3 is 25.5 Å². The van der Waals surface area contributed by atoms with Crippen molar-refractivity contribution in [3.05, 3.63) is 47.2 Å². The van der Waals surface area contributed by atoms with E-state index in [1.165, 1.54) is 30.3 Å². The Morgan fingerprint density at radius 1 is 1.09 bits per heavy atom. The first kappa shape index (κ1) is 16.6. The zero-order valence-electron chi connectivity index (χ0n) is 11.5. The van der Waals surface area contributed by atoms with Gasteiger partial charge in [0.2, 0.25) is 11.6 Å². The van der Waals surface area contributed by atoms with Gasteiger partial charge in [0.05, 0.1) is 0 Å². The van der Waals surface area contributed by atoms with Crippen molar-refractivity contribution in [1.82, 2.24) is 0 Å². The first-order valence-corrected chi connectivity index (χ1v) is 6.32. The van der Waals surface area contributed by atoms with Crippen LogP contribution in [0.3, 0.4) is 0 Å². The number of aliphatic hydroxyl groups excluding tert-OH is 2. The van der Waals surface area contributed by atoms with E-state index in [-0.39, 0.29) is 5.75 Å². The number of allylic oxidation sites excluding steroid dienone is 1. The molecule has 0 heterocycles. The number of hydrogen-bond acceptors (Lipinski definition) is 8. The van der Waals surface area contributed by atoms with Crippen LogP contribution in [0.25, 0.3) is 6.08 Å². The number of carbonyl (C=O) groups excluding carboxylic acids is 3. The van der Waals surface area contributed by atoms with E-state index in [9.17, 15) is 34.8 Å². The van der Waals surface area contributed by atoms with Crippen molar-refractivity contribution in [2.45, 2.75) is 11.9 Å². The van der Waals surface area contributed by atoms with Gasteiger partial charge in [0.25, 0.3) is 5.79 Å². The topological polar surface area (TPSA) is 152 Å². The number of ketones is 3. The molecule has 0 fully saturated rings. The van der Waals surface area contributed by atoms with Gasteiger partial charge in [-0.2, -0.15) is 0 Å². The summed E-state index contributed by atoms with van der Waals surface area (Å²) in [6.45, 7) is 0. The van der Waals surface area contributed by atoms with Crippen molar-refractivity contribution in [2.75, 3.05) is 0 Å². The summed E-state index contributed by atoms with van der Waals surface area (Å²) in [5.41, 5.74) is -0.618. The van der Waals surface area contributed by atoms with Crippen LogP contribution in [0.1, 0.15) is 5.56 Å². The molecule has 0 saturated heterocycles. The van der Waals surface area contributed by atoms with E-state index >= 15 is 0 Å². The number of benzene rings is 1. The summed E-state index contributed by atoms with van der Waals surface area (Å²) in [7, 11) is 0. The van der Waals surface area contributed by atoms with Gasteiger partial charge in [-0.25, -0.2) is 0 Å². The van der Waals surface area contributed by atoms with Crippen molar-refractivity contribution < 1.29 is 39.9 Å². The lowest BCUT2D eigenvalue weighted by Gasteiger charge is -2.27. The van der Waals surface area contributed by atoms with Crippen LogP contribution in [0.5, 0.6) is 5.75 Å². The fourth-order valence-electron chi connectivity index (χ4n) is 1.93. The third-order valence-electron chi connectivity index (χ3n) is 3.22. The molecule has 0 aromatic heterocycles. The van der Waals surface area contributed by atoms with Crippen LogP contribution in [0.4, 0.5) is 0 Å². The van der Waals surface area contributed by atoms with E-state index in [1.807, 2.05) is 0 Å². The monoisotopic (exact) mass is 320 g/mol. The van der Waals surface area contributed by atoms with Crippen LogP contribution in [0.2, 0.25) is 0 Å². The molecular weight excluding hydrogens is 308 g/mol. The summed E-state index contributed by atoms with van der Waals surface area (Å²) in [5, 5.41) is 46.9. The molecule has 2 rings (SSSR count). The van der Waals surface area contributed by atoms with Crippen LogP contribution in [-0.4, -0.2) is 54.8 Å². The van der Waals surface area contributed by atoms with E-state index < -0.39 is 40.6 Å². The number of aliphatic hydroxyl groups is 4. The smallest absolute Gasteiger partial charge is 0.293 e. The average Bonchev–Trinajstić information content (AvgIpc) is 2.51. The zero-order chi connectivity index (χ0) is 17.4. The molecule has 0 bridgehead atoms. The SMILES string of the molecule is O=C(/C=C/c1ccc(O)cc1)C1=C(O)C(O)C(=O)C(O)(O)C1=O. The van der Waals surface area contributed by atoms with Gasteiger partial charge in [-0.3, -0.25) is 14.4 Å². The molecule has 0 aliphatic heterocycles. The van der Waals surface area contributed by atoms with Crippen LogP contribution in [-0.2, 0) is 14.4 Å². The number of carbonyl (C=O) groups is 3. The fraction of sp³-hybridized carbons (Fsp3) is 0.133. The minimum absolute atomic E-state index is 0.00302. The molecule has 1 aliphatic rings. The van der Waals surface area contributed by atoms with Gasteiger partial charge >= 0.3 is 0 Å². The molecule has 8 nitrogen and oxygen atoms in total. The van der Waals surface area contributed by atoms with E-state index in [4.69, 9.17) is 5.11 Å². The van der Waals surface area contributed by atoms with Crippen molar-refractivity contribution in [3.63, 3.8) is 0 Å². The molecule has 0 amide bonds. The highest BCUT2D eigenvalue weighted by molar-refractivity contribution is 6.34. The molecule has 120 valence electrons. The second kappa shape index (κ2) is 5.76. The van der Waals surface area contributed by atoms with Crippen LogP contribution in [0.15, 0.2) is 41.7 Å². The molecule has 23 heavy (non-hydrogen) atoms. The van der Waals surface area contributed by atoms with Crippen LogP contribution < -0.4 is 0 Å². The lowest BCUT2D eigenvalue weighted by molar-refractivity contribution is -0.194. The van der Waals surface area contributed by atoms with Gasteiger partial charge in [0.1, 0.15) is 17.1 Å². The first-order valence-electron chi connectivity index (χ1n) is 6.32. The highest BCUT2D eigenvalue weighted by atomic mass is 16.5.